The predicted molar refractivity (Wildman–Crippen MR) is 162 cm³/mol. The number of amidine groups is 1. The van der Waals surface area contributed by atoms with Gasteiger partial charge in [-0.3, -0.25) is 4.79 Å². The number of nitrogens with zero attached hydrogens (tertiary/aromatic N) is 1. The van der Waals surface area contributed by atoms with Crippen molar-refractivity contribution in [3.05, 3.63) is 82.4 Å². The Balaban J connectivity index is 1.94. The van der Waals surface area contributed by atoms with E-state index in [2.05, 4.69) is 15.8 Å². The number of benzene rings is 3. The summed E-state index contributed by atoms with van der Waals surface area (Å²) < 4.78 is 16.8. The van der Waals surface area contributed by atoms with Gasteiger partial charge in [-0.2, -0.15) is 0 Å². The van der Waals surface area contributed by atoms with E-state index in [1.54, 1.807) is 55.5 Å². The fraction of sp³-hybridized carbons (Fsp3) is 0.323. The molecule has 0 spiro atoms. The lowest BCUT2D eigenvalue weighted by molar-refractivity contribution is -0.145. The molecule has 0 saturated heterocycles. The number of ether oxygens (including phenoxy) is 3. The normalized spacial score (nSPS) is 12.0. The number of rotatable bonds is 14. The average molecular weight is 595 g/mol. The number of oxime groups is 1. The summed E-state index contributed by atoms with van der Waals surface area (Å²) in [6.45, 7) is 6.62. The molecule has 7 N–H and O–H groups in total. The van der Waals surface area contributed by atoms with Gasteiger partial charge >= 0.3 is 5.97 Å². The summed E-state index contributed by atoms with van der Waals surface area (Å²) in [5.41, 5.74) is 9.23. The molecule has 0 saturated carbocycles. The Labute approximate surface area is 250 Å². The molecule has 1 atom stereocenters. The SMILES string of the molecule is CCOC(=O)COc1c(CNc2ccc(C)cc2C(=O)Nc2ccc(/C(N)=N/O)cc2)cc([C@@H](O)CO)cc1OC(C)C. The number of aliphatic hydroxyl groups excluding tert-OH is 2. The topological polar surface area (TPSA) is 185 Å². The van der Waals surface area contributed by atoms with Gasteiger partial charge in [-0.25, -0.2) is 4.79 Å². The maximum atomic E-state index is 13.3. The first kappa shape index (κ1) is 32.7. The third-order valence-corrected chi connectivity index (χ3v) is 6.15. The Morgan fingerprint density at radius 1 is 1.07 bits per heavy atom. The predicted octanol–water partition coefficient (Wildman–Crippen LogP) is 3.71. The zero-order valence-corrected chi connectivity index (χ0v) is 24.6. The van der Waals surface area contributed by atoms with Gasteiger partial charge in [0.05, 0.1) is 24.9 Å². The molecule has 12 nitrogen and oxygen atoms in total. The van der Waals surface area contributed by atoms with Crippen LogP contribution in [-0.4, -0.2) is 59.1 Å². The standard InChI is InChI=1S/C31H38N4O8/c1-5-41-28(38)17-42-29-22(13-21(26(37)16-36)14-27(29)43-18(2)3)15-33-25-11-6-19(4)12-24(25)31(39)34-23-9-7-20(8-10-23)30(32)35-40/h6-14,18,26,33,36-37,40H,5,15-17H2,1-4H3,(H2,32,35)(H,34,39)/t26-/m0/s1. The molecule has 0 heterocycles. The Morgan fingerprint density at radius 2 is 1.79 bits per heavy atom. The summed E-state index contributed by atoms with van der Waals surface area (Å²) in [7, 11) is 0. The minimum Gasteiger partial charge on any atom is -0.487 e. The second kappa shape index (κ2) is 15.4. The number of nitrogens with two attached hydrogens (primary N) is 1. The molecule has 0 aliphatic rings. The smallest absolute Gasteiger partial charge is 0.344 e. The van der Waals surface area contributed by atoms with Gasteiger partial charge in [0.2, 0.25) is 0 Å². The molecular weight excluding hydrogens is 556 g/mol. The summed E-state index contributed by atoms with van der Waals surface area (Å²) in [5, 5.41) is 37.9. The monoisotopic (exact) mass is 594 g/mol. The molecule has 0 bridgehead atoms. The fourth-order valence-corrected chi connectivity index (χ4v) is 4.12. The number of hydrogen-bond acceptors (Lipinski definition) is 10. The van der Waals surface area contributed by atoms with Crippen molar-refractivity contribution in [3.8, 4) is 11.5 Å². The van der Waals surface area contributed by atoms with Crippen LogP contribution in [0.5, 0.6) is 11.5 Å². The second-order valence-electron chi connectivity index (χ2n) is 9.89. The lowest BCUT2D eigenvalue weighted by Crippen LogP contribution is -2.18. The van der Waals surface area contributed by atoms with Crippen molar-refractivity contribution in [3.63, 3.8) is 0 Å². The van der Waals surface area contributed by atoms with Crippen LogP contribution in [0.25, 0.3) is 0 Å². The molecule has 3 aromatic rings. The number of aryl methyl sites for hydroxylation is 1. The van der Waals surface area contributed by atoms with Gasteiger partial charge in [0.25, 0.3) is 5.91 Å². The van der Waals surface area contributed by atoms with E-state index in [0.717, 1.165) is 5.56 Å². The van der Waals surface area contributed by atoms with Gasteiger partial charge in [0.1, 0.15) is 6.10 Å². The summed E-state index contributed by atoms with van der Waals surface area (Å²) in [6, 6.07) is 15.0. The highest BCUT2D eigenvalue weighted by molar-refractivity contribution is 6.08. The highest BCUT2D eigenvalue weighted by Gasteiger charge is 2.21. The van der Waals surface area contributed by atoms with Crippen LogP contribution in [0.4, 0.5) is 11.4 Å². The van der Waals surface area contributed by atoms with Crippen molar-refractivity contribution < 1.29 is 39.2 Å². The zero-order chi connectivity index (χ0) is 31.5. The van der Waals surface area contributed by atoms with Gasteiger partial charge in [0.15, 0.2) is 23.9 Å². The maximum absolute atomic E-state index is 13.3. The van der Waals surface area contributed by atoms with E-state index in [-0.39, 0.29) is 49.1 Å². The minimum absolute atomic E-state index is 0.0498. The van der Waals surface area contributed by atoms with Crippen LogP contribution in [0.15, 0.2) is 59.8 Å². The highest BCUT2D eigenvalue weighted by Crippen LogP contribution is 2.36. The molecule has 0 aliphatic carbocycles. The lowest BCUT2D eigenvalue weighted by Gasteiger charge is -2.21. The van der Waals surface area contributed by atoms with Crippen LogP contribution in [0, 0.1) is 6.92 Å². The van der Waals surface area contributed by atoms with Crippen molar-refractivity contribution in [2.75, 3.05) is 30.5 Å². The van der Waals surface area contributed by atoms with E-state index in [1.807, 2.05) is 26.8 Å². The molecule has 1 amide bonds. The quantitative estimate of drug-likeness (QED) is 0.0528. The number of carbonyl (C=O) groups is 2. The molecule has 3 aromatic carbocycles. The van der Waals surface area contributed by atoms with E-state index in [9.17, 15) is 19.8 Å². The summed E-state index contributed by atoms with van der Waals surface area (Å²) >= 11 is 0. The number of carbonyl (C=O) groups excluding carboxylic acids is 2. The highest BCUT2D eigenvalue weighted by atomic mass is 16.6. The Bertz CT molecular complexity index is 1440. The lowest BCUT2D eigenvalue weighted by atomic mass is 10.0. The van der Waals surface area contributed by atoms with Gasteiger partial charge in [0, 0.05) is 29.0 Å². The van der Waals surface area contributed by atoms with E-state index in [4.69, 9.17) is 25.2 Å². The summed E-state index contributed by atoms with van der Waals surface area (Å²) in [4.78, 5) is 25.4. The number of hydrogen-bond donors (Lipinski definition) is 6. The third-order valence-electron chi connectivity index (χ3n) is 6.15. The number of anilines is 2. The maximum Gasteiger partial charge on any atom is 0.344 e. The van der Waals surface area contributed by atoms with Crippen LogP contribution in [0.1, 0.15) is 59.5 Å². The van der Waals surface area contributed by atoms with Crippen LogP contribution in [0.2, 0.25) is 0 Å². The molecule has 12 heteroatoms. The molecular formula is C31H38N4O8. The van der Waals surface area contributed by atoms with E-state index in [0.29, 0.717) is 33.6 Å². The minimum atomic E-state index is -1.18. The van der Waals surface area contributed by atoms with Crippen molar-refractivity contribution in [1.29, 1.82) is 0 Å². The fourth-order valence-electron chi connectivity index (χ4n) is 4.12. The number of esters is 1. The Kier molecular flexibility index (Phi) is 11.7. The first-order chi connectivity index (χ1) is 20.6. The van der Waals surface area contributed by atoms with Crippen molar-refractivity contribution >= 4 is 29.1 Å². The summed E-state index contributed by atoms with van der Waals surface area (Å²) in [6.07, 6.45) is -1.44. The molecule has 0 radical (unpaired) electrons. The zero-order valence-electron chi connectivity index (χ0n) is 24.6. The van der Waals surface area contributed by atoms with Gasteiger partial charge in [-0.15, -0.1) is 0 Å². The van der Waals surface area contributed by atoms with Crippen molar-refractivity contribution in [1.82, 2.24) is 0 Å². The first-order valence-corrected chi connectivity index (χ1v) is 13.7. The van der Waals surface area contributed by atoms with Gasteiger partial charge in [-0.05, 0) is 81.8 Å². The van der Waals surface area contributed by atoms with Crippen molar-refractivity contribution in [2.24, 2.45) is 10.9 Å². The molecule has 3 rings (SSSR count). The Hall–Kier alpha value is -4.81. The van der Waals surface area contributed by atoms with E-state index in [1.165, 1.54) is 0 Å². The molecule has 230 valence electrons. The van der Waals surface area contributed by atoms with Crippen LogP contribution < -0.4 is 25.8 Å². The first-order valence-electron chi connectivity index (χ1n) is 13.7. The molecule has 43 heavy (non-hydrogen) atoms. The van der Waals surface area contributed by atoms with Crippen LogP contribution in [-0.2, 0) is 16.1 Å². The molecule has 0 aromatic heterocycles. The van der Waals surface area contributed by atoms with Crippen LogP contribution in [0.3, 0.4) is 0 Å². The van der Waals surface area contributed by atoms with Crippen LogP contribution >= 0.6 is 0 Å². The summed E-state index contributed by atoms with van der Waals surface area (Å²) in [5.74, 6) is -0.459. The third kappa shape index (κ3) is 9.09. The number of nitrogens with one attached hydrogen (secondary N) is 2. The van der Waals surface area contributed by atoms with E-state index >= 15 is 0 Å². The van der Waals surface area contributed by atoms with E-state index < -0.39 is 18.7 Å². The molecule has 0 unspecified atom stereocenters. The van der Waals surface area contributed by atoms with Crippen molar-refractivity contribution in [2.45, 2.75) is 46.4 Å². The molecule has 0 aliphatic heterocycles. The van der Waals surface area contributed by atoms with Gasteiger partial charge < -0.3 is 46.0 Å². The van der Waals surface area contributed by atoms with Gasteiger partial charge in [-0.1, -0.05) is 16.8 Å². The molecule has 0 fully saturated rings. The number of aliphatic hydroxyl groups is 2. The largest absolute Gasteiger partial charge is 0.487 e. The Morgan fingerprint density at radius 3 is 2.42 bits per heavy atom. The second-order valence-corrected chi connectivity index (χ2v) is 9.89. The average Bonchev–Trinajstić information content (AvgIpc) is 2.99. The number of amides is 1.